The molecular formula is C13H18N2O. The summed E-state index contributed by atoms with van der Waals surface area (Å²) >= 11 is 0. The number of carbonyl (C=O) groups excluding carboxylic acids is 1. The van der Waals surface area contributed by atoms with Gasteiger partial charge < -0.3 is 4.90 Å². The Morgan fingerprint density at radius 1 is 1.31 bits per heavy atom. The molecule has 1 aliphatic heterocycles. The van der Waals surface area contributed by atoms with Crippen molar-refractivity contribution in [3.8, 4) is 0 Å². The van der Waals surface area contributed by atoms with Crippen LogP contribution >= 0.6 is 0 Å². The highest BCUT2D eigenvalue weighted by Crippen LogP contribution is 2.26. The first-order valence-electron chi connectivity index (χ1n) is 5.63. The predicted octanol–water partition coefficient (Wildman–Crippen LogP) is 2.24. The van der Waals surface area contributed by atoms with Gasteiger partial charge in [0, 0.05) is 24.6 Å². The van der Waals surface area contributed by atoms with Crippen LogP contribution in [0.25, 0.3) is 0 Å². The van der Waals surface area contributed by atoms with Gasteiger partial charge in [0.1, 0.15) is 0 Å². The molecule has 2 rings (SSSR count). The first kappa shape index (κ1) is 11.1. The quantitative estimate of drug-likeness (QED) is 0.669. The molecule has 1 amide bonds. The fraction of sp³-hybridized carbons (Fsp3) is 0.538. The summed E-state index contributed by atoms with van der Waals surface area (Å²) in [6.07, 6.45) is 0. The summed E-state index contributed by atoms with van der Waals surface area (Å²) in [6.45, 7) is 9.44. The van der Waals surface area contributed by atoms with Crippen LogP contribution in [0.3, 0.4) is 0 Å². The minimum Gasteiger partial charge on any atom is -0.333 e. The summed E-state index contributed by atoms with van der Waals surface area (Å²) in [4.78, 5) is 17.8. The van der Waals surface area contributed by atoms with Gasteiger partial charge in [0.25, 0.3) is 0 Å². The van der Waals surface area contributed by atoms with Crippen LogP contribution in [-0.2, 0) is 23.3 Å². The van der Waals surface area contributed by atoms with E-state index >= 15 is 0 Å². The van der Waals surface area contributed by atoms with E-state index in [1.165, 1.54) is 5.56 Å². The zero-order valence-electron chi connectivity index (χ0n) is 10.4. The van der Waals surface area contributed by atoms with Crippen LogP contribution in [0.15, 0.2) is 12.1 Å². The Morgan fingerprint density at radius 3 is 2.56 bits per heavy atom. The molecule has 1 aliphatic rings. The standard InChI is InChI=1S/C13H18N2O/c1-9(16)15-7-10-5-6-12(13(2,3)4)14-11(10)8-15/h5-6H,7-8H2,1-4H3. The molecule has 1 aromatic heterocycles. The molecule has 1 aromatic rings. The molecule has 0 fully saturated rings. The van der Waals surface area contributed by atoms with E-state index in [-0.39, 0.29) is 11.3 Å². The summed E-state index contributed by atoms with van der Waals surface area (Å²) in [5, 5.41) is 0. The Labute approximate surface area is 96.5 Å². The third kappa shape index (κ3) is 1.94. The average Bonchev–Trinajstić information content (AvgIpc) is 2.58. The van der Waals surface area contributed by atoms with Crippen LogP contribution in [0, 0.1) is 0 Å². The molecule has 86 valence electrons. The molecule has 0 aliphatic carbocycles. The SMILES string of the molecule is CC(=O)N1Cc2ccc(C(C)(C)C)nc2C1. The topological polar surface area (TPSA) is 33.2 Å². The number of rotatable bonds is 0. The van der Waals surface area contributed by atoms with Crippen molar-refractivity contribution in [2.45, 2.75) is 46.2 Å². The van der Waals surface area contributed by atoms with Gasteiger partial charge in [-0.15, -0.1) is 0 Å². The molecule has 0 saturated carbocycles. The maximum absolute atomic E-state index is 11.3. The molecule has 2 heterocycles. The van der Waals surface area contributed by atoms with Gasteiger partial charge in [-0.3, -0.25) is 9.78 Å². The van der Waals surface area contributed by atoms with E-state index in [0.717, 1.165) is 11.4 Å². The second-order valence-electron chi connectivity index (χ2n) is 5.43. The summed E-state index contributed by atoms with van der Waals surface area (Å²) in [5.41, 5.74) is 3.40. The molecule has 0 saturated heterocycles. The highest BCUT2D eigenvalue weighted by molar-refractivity contribution is 5.73. The lowest BCUT2D eigenvalue weighted by Crippen LogP contribution is -2.22. The molecule has 0 radical (unpaired) electrons. The second kappa shape index (κ2) is 3.58. The van der Waals surface area contributed by atoms with Gasteiger partial charge in [0.2, 0.25) is 5.91 Å². The number of pyridine rings is 1. The van der Waals surface area contributed by atoms with E-state index in [4.69, 9.17) is 0 Å². The van der Waals surface area contributed by atoms with Crippen molar-refractivity contribution >= 4 is 5.91 Å². The Kier molecular flexibility index (Phi) is 2.49. The van der Waals surface area contributed by atoms with Crippen LogP contribution in [0.2, 0.25) is 0 Å². The smallest absolute Gasteiger partial charge is 0.220 e. The van der Waals surface area contributed by atoms with Gasteiger partial charge in [0.05, 0.1) is 12.2 Å². The molecule has 0 N–H and O–H groups in total. The number of hydrogen-bond acceptors (Lipinski definition) is 2. The van der Waals surface area contributed by atoms with Crippen LogP contribution < -0.4 is 0 Å². The van der Waals surface area contributed by atoms with Gasteiger partial charge in [-0.2, -0.15) is 0 Å². The van der Waals surface area contributed by atoms with Gasteiger partial charge in [-0.1, -0.05) is 26.8 Å². The van der Waals surface area contributed by atoms with Gasteiger partial charge >= 0.3 is 0 Å². The Balaban J connectivity index is 2.31. The van der Waals surface area contributed by atoms with Crippen LogP contribution in [-0.4, -0.2) is 15.8 Å². The Bertz CT molecular complexity index is 432. The zero-order valence-corrected chi connectivity index (χ0v) is 10.4. The second-order valence-corrected chi connectivity index (χ2v) is 5.43. The number of fused-ring (bicyclic) bond motifs is 1. The van der Waals surface area contributed by atoms with E-state index < -0.39 is 0 Å². The fourth-order valence-corrected chi connectivity index (χ4v) is 1.89. The van der Waals surface area contributed by atoms with Gasteiger partial charge in [-0.05, 0) is 11.6 Å². The van der Waals surface area contributed by atoms with Gasteiger partial charge in [0.15, 0.2) is 0 Å². The maximum atomic E-state index is 11.3. The number of carbonyl (C=O) groups is 1. The molecular weight excluding hydrogens is 200 g/mol. The summed E-state index contributed by atoms with van der Waals surface area (Å²) in [7, 11) is 0. The molecule has 16 heavy (non-hydrogen) atoms. The van der Waals surface area contributed by atoms with E-state index in [1.807, 2.05) is 4.90 Å². The first-order valence-corrected chi connectivity index (χ1v) is 5.63. The normalized spacial score (nSPS) is 15.1. The van der Waals surface area contributed by atoms with Crippen molar-refractivity contribution < 1.29 is 4.79 Å². The minimum atomic E-state index is 0.0681. The van der Waals surface area contributed by atoms with Crippen molar-refractivity contribution in [2.75, 3.05) is 0 Å². The highest BCUT2D eigenvalue weighted by Gasteiger charge is 2.24. The van der Waals surface area contributed by atoms with E-state index in [0.29, 0.717) is 13.1 Å². The molecule has 0 atom stereocenters. The monoisotopic (exact) mass is 218 g/mol. The molecule has 0 unspecified atom stereocenters. The van der Waals surface area contributed by atoms with Crippen molar-refractivity contribution in [1.82, 2.24) is 9.88 Å². The number of hydrogen-bond donors (Lipinski definition) is 0. The zero-order chi connectivity index (χ0) is 11.9. The first-order chi connectivity index (χ1) is 7.38. The number of aromatic nitrogens is 1. The van der Waals surface area contributed by atoms with Gasteiger partial charge in [-0.25, -0.2) is 0 Å². The third-order valence-corrected chi connectivity index (χ3v) is 2.98. The lowest BCUT2D eigenvalue weighted by Gasteiger charge is -2.18. The summed E-state index contributed by atoms with van der Waals surface area (Å²) < 4.78 is 0. The van der Waals surface area contributed by atoms with Crippen LogP contribution in [0.1, 0.15) is 44.6 Å². The molecule has 0 bridgehead atoms. The molecule has 3 nitrogen and oxygen atoms in total. The van der Waals surface area contributed by atoms with Crippen LogP contribution in [0.4, 0.5) is 0 Å². The average molecular weight is 218 g/mol. The predicted molar refractivity (Wildman–Crippen MR) is 62.9 cm³/mol. The summed E-state index contributed by atoms with van der Waals surface area (Å²) in [6, 6.07) is 4.17. The Hall–Kier alpha value is -1.38. The summed E-state index contributed by atoms with van der Waals surface area (Å²) in [5.74, 6) is 0.121. The van der Waals surface area contributed by atoms with Crippen molar-refractivity contribution in [3.05, 3.63) is 29.1 Å². The largest absolute Gasteiger partial charge is 0.333 e. The number of nitrogens with zero attached hydrogens (tertiary/aromatic N) is 2. The van der Waals surface area contributed by atoms with Crippen molar-refractivity contribution in [2.24, 2.45) is 0 Å². The van der Waals surface area contributed by atoms with Crippen molar-refractivity contribution in [3.63, 3.8) is 0 Å². The minimum absolute atomic E-state index is 0.0681. The lowest BCUT2D eigenvalue weighted by atomic mass is 9.91. The fourth-order valence-electron chi connectivity index (χ4n) is 1.89. The molecule has 3 heteroatoms. The van der Waals surface area contributed by atoms with Crippen LogP contribution in [0.5, 0.6) is 0 Å². The highest BCUT2D eigenvalue weighted by atomic mass is 16.2. The molecule has 0 spiro atoms. The number of amides is 1. The van der Waals surface area contributed by atoms with E-state index in [2.05, 4.69) is 37.9 Å². The van der Waals surface area contributed by atoms with E-state index in [1.54, 1.807) is 6.92 Å². The third-order valence-electron chi connectivity index (χ3n) is 2.98. The van der Waals surface area contributed by atoms with Crippen molar-refractivity contribution in [1.29, 1.82) is 0 Å². The lowest BCUT2D eigenvalue weighted by molar-refractivity contribution is -0.129. The maximum Gasteiger partial charge on any atom is 0.220 e. The van der Waals surface area contributed by atoms with E-state index in [9.17, 15) is 4.79 Å². The Morgan fingerprint density at radius 2 is 2.00 bits per heavy atom. The molecule has 0 aromatic carbocycles.